The van der Waals surface area contributed by atoms with Gasteiger partial charge in [0, 0.05) is 19.3 Å². The molecular formula is C52H100NO7+. The van der Waals surface area contributed by atoms with Gasteiger partial charge in [0.2, 0.25) is 0 Å². The Hall–Kier alpha value is -1.93. The van der Waals surface area contributed by atoms with E-state index in [0.717, 1.165) is 38.5 Å². The lowest BCUT2D eigenvalue weighted by atomic mass is 10.0. The molecule has 8 heteroatoms. The van der Waals surface area contributed by atoms with Crippen LogP contribution in [0.5, 0.6) is 0 Å². The number of allylic oxidation sites excluding steroid dienone is 2. The molecule has 0 heterocycles. The smallest absolute Gasteiger partial charge is 0.362 e. The normalized spacial score (nSPS) is 12.9. The van der Waals surface area contributed by atoms with E-state index in [1.165, 1.54) is 180 Å². The van der Waals surface area contributed by atoms with Gasteiger partial charge in [0.05, 0.1) is 34.4 Å². The predicted octanol–water partition coefficient (Wildman–Crippen LogP) is 14.6. The average Bonchev–Trinajstić information content (AvgIpc) is 3.21. The number of esters is 2. The van der Waals surface area contributed by atoms with Gasteiger partial charge >= 0.3 is 17.9 Å². The number of hydrogen-bond donors (Lipinski definition) is 1. The summed E-state index contributed by atoms with van der Waals surface area (Å²) in [5.74, 6) is -1.45. The van der Waals surface area contributed by atoms with Gasteiger partial charge < -0.3 is 23.8 Å². The van der Waals surface area contributed by atoms with Gasteiger partial charge in [-0.3, -0.25) is 9.59 Å². The number of quaternary nitrogens is 1. The molecule has 0 aromatic carbocycles. The number of carboxylic acids is 1. The highest BCUT2D eigenvalue weighted by atomic mass is 16.6. The second-order valence-electron chi connectivity index (χ2n) is 18.8. The van der Waals surface area contributed by atoms with E-state index in [-0.39, 0.29) is 36.2 Å². The summed E-state index contributed by atoms with van der Waals surface area (Å²) in [5, 5.41) is 9.64. The lowest BCUT2D eigenvalue weighted by Gasteiger charge is -2.31. The van der Waals surface area contributed by atoms with Crippen LogP contribution in [0.4, 0.5) is 0 Å². The van der Waals surface area contributed by atoms with Crippen molar-refractivity contribution in [3.63, 3.8) is 0 Å². The van der Waals surface area contributed by atoms with E-state index in [1.54, 1.807) is 0 Å². The van der Waals surface area contributed by atoms with E-state index in [4.69, 9.17) is 14.2 Å². The van der Waals surface area contributed by atoms with Crippen molar-refractivity contribution >= 4 is 17.9 Å². The lowest BCUT2D eigenvalue weighted by molar-refractivity contribution is -0.887. The molecule has 0 spiro atoms. The van der Waals surface area contributed by atoms with Crippen LogP contribution in [0.2, 0.25) is 0 Å². The SMILES string of the molecule is CCCCCCCCCC/C=C\CCCCCCCCCCCCCC(=O)OC(COCCC(C(=O)O)[N+](C)(C)C)COC(=O)CCCCCCCCCCCCCCC. The third-order valence-corrected chi connectivity index (χ3v) is 11.9. The number of ether oxygens (including phenoxy) is 3. The molecule has 1 N–H and O–H groups in total. The number of hydrogen-bond acceptors (Lipinski definition) is 6. The van der Waals surface area contributed by atoms with Gasteiger partial charge in [0.15, 0.2) is 12.1 Å². The lowest BCUT2D eigenvalue weighted by Crippen LogP contribution is -2.50. The number of carboxylic acid groups (broad SMARTS) is 1. The molecule has 0 rings (SSSR count). The fourth-order valence-electron chi connectivity index (χ4n) is 7.91. The average molecular weight is 851 g/mol. The second-order valence-corrected chi connectivity index (χ2v) is 18.8. The summed E-state index contributed by atoms with van der Waals surface area (Å²) in [6, 6.07) is -0.610. The van der Waals surface area contributed by atoms with Crippen molar-refractivity contribution in [2.45, 2.75) is 264 Å². The van der Waals surface area contributed by atoms with Crippen molar-refractivity contribution in [2.75, 3.05) is 41.0 Å². The summed E-state index contributed by atoms with van der Waals surface area (Å²) in [4.78, 5) is 37.1. The Labute approximate surface area is 371 Å². The zero-order valence-corrected chi connectivity index (χ0v) is 40.4. The van der Waals surface area contributed by atoms with Crippen LogP contribution in [-0.2, 0) is 28.6 Å². The maximum atomic E-state index is 12.8. The van der Waals surface area contributed by atoms with E-state index in [1.807, 2.05) is 21.1 Å². The van der Waals surface area contributed by atoms with E-state index in [9.17, 15) is 19.5 Å². The van der Waals surface area contributed by atoms with E-state index >= 15 is 0 Å². The van der Waals surface area contributed by atoms with Crippen molar-refractivity contribution < 1.29 is 38.2 Å². The van der Waals surface area contributed by atoms with Crippen molar-refractivity contribution in [3.05, 3.63) is 12.2 Å². The molecule has 0 aliphatic carbocycles. The monoisotopic (exact) mass is 851 g/mol. The molecule has 0 fully saturated rings. The largest absolute Gasteiger partial charge is 0.477 e. The summed E-state index contributed by atoms with van der Waals surface area (Å²) in [6.45, 7) is 4.78. The number of carbonyl (C=O) groups is 3. The van der Waals surface area contributed by atoms with Gasteiger partial charge in [-0.1, -0.05) is 206 Å². The molecule has 354 valence electrons. The minimum atomic E-state index is -0.871. The molecule has 0 bridgehead atoms. The van der Waals surface area contributed by atoms with Crippen LogP contribution in [-0.4, -0.2) is 80.6 Å². The number of nitrogens with zero attached hydrogens (tertiary/aromatic N) is 1. The van der Waals surface area contributed by atoms with Crippen molar-refractivity contribution in [2.24, 2.45) is 0 Å². The first-order valence-corrected chi connectivity index (χ1v) is 25.7. The summed E-state index contributed by atoms with van der Waals surface area (Å²) < 4.78 is 17.4. The van der Waals surface area contributed by atoms with Crippen LogP contribution in [0, 0.1) is 0 Å². The van der Waals surface area contributed by atoms with Crippen molar-refractivity contribution in [1.82, 2.24) is 0 Å². The Balaban J connectivity index is 4.16. The van der Waals surface area contributed by atoms with Crippen molar-refractivity contribution in [1.29, 1.82) is 0 Å². The molecule has 0 aromatic heterocycles. The number of unbranched alkanes of at least 4 members (excludes halogenated alkanes) is 31. The molecule has 0 aliphatic rings. The van der Waals surface area contributed by atoms with Gasteiger partial charge in [-0.15, -0.1) is 0 Å². The third kappa shape index (κ3) is 41.4. The molecule has 60 heavy (non-hydrogen) atoms. The minimum absolute atomic E-state index is 0.0445. The Bertz CT molecular complexity index is 993. The van der Waals surface area contributed by atoms with E-state index in [0.29, 0.717) is 19.3 Å². The molecule has 2 unspecified atom stereocenters. The minimum Gasteiger partial charge on any atom is -0.477 e. The van der Waals surface area contributed by atoms with Crippen LogP contribution in [0.3, 0.4) is 0 Å². The molecule has 8 nitrogen and oxygen atoms in total. The zero-order valence-electron chi connectivity index (χ0n) is 40.4. The molecule has 0 radical (unpaired) electrons. The third-order valence-electron chi connectivity index (χ3n) is 11.9. The summed E-state index contributed by atoms with van der Waals surface area (Å²) in [6.07, 6.45) is 48.3. The maximum Gasteiger partial charge on any atom is 0.362 e. The Kier molecular flexibility index (Phi) is 42.3. The Morgan fingerprint density at radius 3 is 1.20 bits per heavy atom. The quantitative estimate of drug-likeness (QED) is 0.0282. The van der Waals surface area contributed by atoms with Gasteiger partial charge in [-0.2, -0.15) is 0 Å². The van der Waals surface area contributed by atoms with Crippen LogP contribution in [0.1, 0.15) is 251 Å². The topological polar surface area (TPSA) is 99.1 Å². The first-order chi connectivity index (χ1) is 29.1. The summed E-state index contributed by atoms with van der Waals surface area (Å²) >= 11 is 0. The fourth-order valence-corrected chi connectivity index (χ4v) is 7.91. The van der Waals surface area contributed by atoms with Crippen LogP contribution in [0.25, 0.3) is 0 Å². The summed E-state index contributed by atoms with van der Waals surface area (Å²) in [7, 11) is 5.54. The molecule has 0 saturated carbocycles. The first-order valence-electron chi connectivity index (χ1n) is 25.7. The van der Waals surface area contributed by atoms with Gasteiger partial charge in [0.25, 0.3) is 0 Å². The molecule has 0 aliphatic heterocycles. The first kappa shape index (κ1) is 58.1. The van der Waals surface area contributed by atoms with Crippen LogP contribution in [0.15, 0.2) is 12.2 Å². The van der Waals surface area contributed by atoms with Gasteiger partial charge in [-0.05, 0) is 38.5 Å². The highest BCUT2D eigenvalue weighted by Gasteiger charge is 2.31. The molecular weight excluding hydrogens is 751 g/mol. The summed E-state index contributed by atoms with van der Waals surface area (Å²) in [5.41, 5.74) is 0. The highest BCUT2D eigenvalue weighted by molar-refractivity contribution is 5.72. The fraction of sp³-hybridized carbons (Fsp3) is 0.904. The van der Waals surface area contributed by atoms with Crippen LogP contribution >= 0.6 is 0 Å². The molecule has 2 atom stereocenters. The number of likely N-dealkylation sites (N-methyl/N-ethyl adjacent to an activating group) is 1. The predicted molar refractivity (Wildman–Crippen MR) is 252 cm³/mol. The zero-order chi connectivity index (χ0) is 44.2. The second kappa shape index (κ2) is 43.7. The maximum absolute atomic E-state index is 12.8. The Morgan fingerprint density at radius 1 is 0.483 bits per heavy atom. The van der Waals surface area contributed by atoms with Crippen LogP contribution < -0.4 is 0 Å². The highest BCUT2D eigenvalue weighted by Crippen LogP contribution is 2.16. The number of rotatable bonds is 47. The van der Waals surface area contributed by atoms with E-state index in [2.05, 4.69) is 26.0 Å². The number of aliphatic carboxylic acids is 1. The molecule has 0 saturated heterocycles. The molecule has 0 aromatic rings. The van der Waals surface area contributed by atoms with Gasteiger partial charge in [-0.25, -0.2) is 4.79 Å². The Morgan fingerprint density at radius 2 is 0.833 bits per heavy atom. The van der Waals surface area contributed by atoms with E-state index < -0.39 is 18.1 Å². The van der Waals surface area contributed by atoms with Crippen molar-refractivity contribution in [3.8, 4) is 0 Å². The molecule has 0 amide bonds. The van der Waals surface area contributed by atoms with Gasteiger partial charge in [0.1, 0.15) is 6.61 Å². The number of carbonyl (C=O) groups excluding carboxylic acids is 2. The standard InChI is InChI=1S/C52H99NO7/c1-6-8-10-12-14-16-18-20-21-22-23-24-25-26-27-28-29-31-33-35-37-39-41-43-51(55)60-48(46-58-45-44-49(52(56)57)53(3,4)5)47-59-50(54)42-40-38-36-34-32-30-19-17-15-13-11-9-7-2/h22-23,48-49H,6-21,24-47H2,1-5H3/p+1/b23-22-.